The van der Waals surface area contributed by atoms with Crippen molar-refractivity contribution in [2.24, 2.45) is 5.92 Å². The fourth-order valence-corrected chi connectivity index (χ4v) is 4.84. The van der Waals surface area contributed by atoms with Crippen molar-refractivity contribution >= 4 is 60.5 Å². The lowest BCUT2D eigenvalue weighted by Crippen LogP contribution is -2.09. The molecule has 0 aliphatic heterocycles. The third-order valence-corrected chi connectivity index (χ3v) is 5.97. The minimum absolute atomic E-state index is 0.847. The number of thioether (sulfide) groups is 3. The molecule has 0 heterocycles. The zero-order chi connectivity index (χ0) is 11.4. The van der Waals surface area contributed by atoms with E-state index in [1.807, 2.05) is 23.5 Å². The second-order valence-electron chi connectivity index (χ2n) is 3.24. The fourth-order valence-electron chi connectivity index (χ4n) is 1.10. The van der Waals surface area contributed by atoms with Crippen LogP contribution >= 0.6 is 60.5 Å². The van der Waals surface area contributed by atoms with Gasteiger partial charge >= 0.3 is 0 Å². The Hall–Kier alpha value is 1.75. The first-order valence-corrected chi connectivity index (χ1v) is 10.2. The third-order valence-electron chi connectivity index (χ3n) is 1.91. The maximum Gasteiger partial charge on any atom is 0.00235 e. The van der Waals surface area contributed by atoms with Gasteiger partial charge in [0.15, 0.2) is 0 Å². The molecule has 5 heteroatoms. The van der Waals surface area contributed by atoms with E-state index in [1.54, 1.807) is 0 Å². The molecule has 0 aromatic carbocycles. The van der Waals surface area contributed by atoms with Gasteiger partial charge in [-0.05, 0) is 41.6 Å². The number of hydrogen-bond donors (Lipinski definition) is 2. The normalized spacial score (nSPS) is 13.0. The Morgan fingerprint density at radius 3 is 2.13 bits per heavy atom. The zero-order valence-electron chi connectivity index (χ0n) is 9.35. The summed E-state index contributed by atoms with van der Waals surface area (Å²) in [6.45, 7) is 0. The SMILES string of the molecule is CSCCSCC(CCS)CSCCS. The van der Waals surface area contributed by atoms with Gasteiger partial charge in [0.25, 0.3) is 0 Å². The van der Waals surface area contributed by atoms with Gasteiger partial charge in [0.05, 0.1) is 0 Å². The molecule has 0 amide bonds. The number of rotatable bonds is 11. The molecule has 0 aromatic rings. The molecule has 0 fully saturated rings. The summed E-state index contributed by atoms with van der Waals surface area (Å²) in [5.74, 6) is 9.21. The van der Waals surface area contributed by atoms with E-state index in [2.05, 4.69) is 43.3 Å². The Balaban J connectivity index is 3.44. The van der Waals surface area contributed by atoms with Crippen molar-refractivity contribution in [3.05, 3.63) is 0 Å². The van der Waals surface area contributed by atoms with Gasteiger partial charge in [-0.25, -0.2) is 0 Å². The van der Waals surface area contributed by atoms with E-state index in [0.29, 0.717) is 0 Å². The molecule has 0 nitrogen and oxygen atoms in total. The van der Waals surface area contributed by atoms with E-state index in [4.69, 9.17) is 0 Å². The Bertz CT molecular complexity index is 120. The highest BCUT2D eigenvalue weighted by Crippen LogP contribution is 2.19. The summed E-state index contributed by atoms with van der Waals surface area (Å²) in [6, 6.07) is 0. The zero-order valence-corrected chi connectivity index (χ0v) is 13.6. The molecule has 0 saturated heterocycles. The molecular formula is C10H22S5. The summed E-state index contributed by atoms with van der Waals surface area (Å²) in [7, 11) is 0. The van der Waals surface area contributed by atoms with E-state index in [1.165, 1.54) is 35.2 Å². The van der Waals surface area contributed by atoms with Gasteiger partial charge in [0, 0.05) is 17.3 Å². The molecule has 0 radical (unpaired) electrons. The first-order valence-electron chi connectivity index (χ1n) is 5.21. The molecule has 1 unspecified atom stereocenters. The molecule has 0 N–H and O–H groups in total. The third kappa shape index (κ3) is 12.0. The lowest BCUT2D eigenvalue weighted by molar-refractivity contribution is 0.655. The Labute approximate surface area is 119 Å². The summed E-state index contributed by atoms with van der Waals surface area (Å²) in [5.41, 5.74) is 0. The molecular weight excluding hydrogens is 280 g/mol. The van der Waals surface area contributed by atoms with E-state index in [-0.39, 0.29) is 0 Å². The highest BCUT2D eigenvalue weighted by molar-refractivity contribution is 8.02. The fraction of sp³-hybridized carbons (Fsp3) is 1.00. The highest BCUT2D eigenvalue weighted by Gasteiger charge is 2.07. The molecule has 0 bridgehead atoms. The number of thiol groups is 2. The minimum atomic E-state index is 0.847. The standard InChI is InChI=1S/C10H22S5/c1-13-6-7-15-9-10(2-3-11)8-14-5-4-12/h10-12H,2-9H2,1H3. The summed E-state index contributed by atoms with van der Waals surface area (Å²) in [5, 5.41) is 0. The predicted molar refractivity (Wildman–Crippen MR) is 88.8 cm³/mol. The van der Waals surface area contributed by atoms with Gasteiger partial charge in [-0.1, -0.05) is 0 Å². The van der Waals surface area contributed by atoms with E-state index in [9.17, 15) is 0 Å². The van der Waals surface area contributed by atoms with Crippen molar-refractivity contribution in [1.82, 2.24) is 0 Å². The van der Waals surface area contributed by atoms with Crippen LogP contribution in [0, 0.1) is 5.92 Å². The molecule has 0 aliphatic rings. The quantitative estimate of drug-likeness (QED) is 0.442. The summed E-state index contributed by atoms with van der Waals surface area (Å²) < 4.78 is 0. The largest absolute Gasteiger partial charge is 0.179 e. The van der Waals surface area contributed by atoms with Gasteiger partial charge in [-0.3, -0.25) is 0 Å². The predicted octanol–water partition coefficient (Wildman–Crippen LogP) is 3.68. The average molecular weight is 303 g/mol. The molecule has 92 valence electrons. The average Bonchev–Trinajstić information content (AvgIpc) is 2.24. The van der Waals surface area contributed by atoms with Crippen molar-refractivity contribution < 1.29 is 0 Å². The highest BCUT2D eigenvalue weighted by atomic mass is 32.2. The summed E-state index contributed by atoms with van der Waals surface area (Å²) in [6.07, 6.45) is 3.43. The van der Waals surface area contributed by atoms with Gasteiger partial charge in [-0.2, -0.15) is 60.5 Å². The van der Waals surface area contributed by atoms with Gasteiger partial charge in [-0.15, -0.1) is 0 Å². The first kappa shape index (κ1) is 16.8. The van der Waals surface area contributed by atoms with Crippen LogP contribution in [0.2, 0.25) is 0 Å². The van der Waals surface area contributed by atoms with Crippen molar-refractivity contribution in [3.8, 4) is 0 Å². The van der Waals surface area contributed by atoms with Crippen LogP contribution in [-0.4, -0.2) is 46.5 Å². The Morgan fingerprint density at radius 2 is 1.60 bits per heavy atom. The summed E-state index contributed by atoms with van der Waals surface area (Å²) in [4.78, 5) is 0. The number of hydrogen-bond acceptors (Lipinski definition) is 5. The second-order valence-corrected chi connectivity index (χ2v) is 7.42. The van der Waals surface area contributed by atoms with Crippen molar-refractivity contribution in [1.29, 1.82) is 0 Å². The van der Waals surface area contributed by atoms with Crippen LogP contribution in [0.5, 0.6) is 0 Å². The van der Waals surface area contributed by atoms with Crippen LogP contribution in [0.15, 0.2) is 0 Å². The van der Waals surface area contributed by atoms with Gasteiger partial charge < -0.3 is 0 Å². The van der Waals surface area contributed by atoms with Crippen molar-refractivity contribution in [3.63, 3.8) is 0 Å². The lowest BCUT2D eigenvalue weighted by atomic mass is 10.1. The molecule has 0 spiro atoms. The maximum absolute atomic E-state index is 4.33. The molecule has 0 aliphatic carbocycles. The topological polar surface area (TPSA) is 0 Å². The maximum atomic E-state index is 4.33. The van der Waals surface area contributed by atoms with Crippen LogP contribution in [0.25, 0.3) is 0 Å². The molecule has 15 heavy (non-hydrogen) atoms. The van der Waals surface area contributed by atoms with Crippen LogP contribution in [-0.2, 0) is 0 Å². The van der Waals surface area contributed by atoms with Crippen LogP contribution < -0.4 is 0 Å². The Kier molecular flexibility index (Phi) is 15.4. The van der Waals surface area contributed by atoms with Crippen LogP contribution in [0.4, 0.5) is 0 Å². The van der Waals surface area contributed by atoms with Crippen molar-refractivity contribution in [2.45, 2.75) is 6.42 Å². The minimum Gasteiger partial charge on any atom is -0.179 e. The monoisotopic (exact) mass is 302 g/mol. The van der Waals surface area contributed by atoms with Gasteiger partial charge in [0.2, 0.25) is 0 Å². The van der Waals surface area contributed by atoms with Crippen LogP contribution in [0.1, 0.15) is 6.42 Å². The molecule has 1 atom stereocenters. The molecule has 0 aromatic heterocycles. The van der Waals surface area contributed by atoms with Crippen LogP contribution in [0.3, 0.4) is 0 Å². The smallest absolute Gasteiger partial charge is 0.00235 e. The van der Waals surface area contributed by atoms with Gasteiger partial charge in [0.1, 0.15) is 0 Å². The lowest BCUT2D eigenvalue weighted by Gasteiger charge is -2.14. The Morgan fingerprint density at radius 1 is 0.933 bits per heavy atom. The first-order chi connectivity index (χ1) is 7.35. The van der Waals surface area contributed by atoms with E-state index >= 15 is 0 Å². The summed E-state index contributed by atoms with van der Waals surface area (Å²) >= 11 is 14.6. The van der Waals surface area contributed by atoms with Crippen molar-refractivity contribution in [2.75, 3.05) is 46.5 Å². The molecule has 0 rings (SSSR count). The van der Waals surface area contributed by atoms with E-state index < -0.39 is 0 Å². The second kappa shape index (κ2) is 13.8. The molecule has 0 saturated carbocycles. The van der Waals surface area contributed by atoms with E-state index in [0.717, 1.165) is 17.4 Å².